The monoisotopic (exact) mass is 258 g/mol. The van der Waals surface area contributed by atoms with Crippen LogP contribution >= 0.6 is 0 Å². The van der Waals surface area contributed by atoms with E-state index in [9.17, 15) is 8.42 Å². The molecule has 5 nitrogen and oxygen atoms in total. The Kier molecular flexibility index (Phi) is 3.56. The average Bonchev–Trinajstić information content (AvgIpc) is 2.99. The fraction of sp³-hybridized carbons (Fsp3) is 0.636. The van der Waals surface area contributed by atoms with Gasteiger partial charge in [-0.1, -0.05) is 12.8 Å². The molecule has 2 rings (SSSR count). The summed E-state index contributed by atoms with van der Waals surface area (Å²) in [5.74, 6) is 1.59. The summed E-state index contributed by atoms with van der Waals surface area (Å²) < 4.78 is 31.8. The smallest absolute Gasteiger partial charge is 0.244 e. The largest absolute Gasteiger partial charge is 0.464 e. The Morgan fingerprint density at radius 2 is 2.24 bits per heavy atom. The summed E-state index contributed by atoms with van der Waals surface area (Å²) in [6.07, 6.45) is 3.37. The molecule has 0 spiro atoms. The minimum atomic E-state index is -3.45. The summed E-state index contributed by atoms with van der Waals surface area (Å²) in [6.45, 7) is 2.34. The topological polar surface area (TPSA) is 85.3 Å². The van der Waals surface area contributed by atoms with Crippen molar-refractivity contribution in [2.45, 2.75) is 37.6 Å². The van der Waals surface area contributed by atoms with Gasteiger partial charge in [0.2, 0.25) is 10.0 Å². The van der Waals surface area contributed by atoms with Gasteiger partial charge in [0.25, 0.3) is 0 Å². The van der Waals surface area contributed by atoms with Gasteiger partial charge in [-0.05, 0) is 19.3 Å². The van der Waals surface area contributed by atoms with E-state index in [1.165, 1.54) is 18.9 Å². The number of sulfonamides is 1. The molecule has 0 aromatic carbocycles. The van der Waals surface area contributed by atoms with E-state index < -0.39 is 10.0 Å². The van der Waals surface area contributed by atoms with Crippen LogP contribution in [-0.2, 0) is 16.6 Å². The Labute approximate surface area is 101 Å². The van der Waals surface area contributed by atoms with E-state index in [4.69, 9.17) is 10.2 Å². The van der Waals surface area contributed by atoms with E-state index in [2.05, 4.69) is 4.72 Å². The van der Waals surface area contributed by atoms with Crippen LogP contribution in [0.4, 0.5) is 0 Å². The van der Waals surface area contributed by atoms with Crippen molar-refractivity contribution in [3.8, 4) is 0 Å². The van der Waals surface area contributed by atoms with Crippen molar-refractivity contribution in [2.75, 3.05) is 6.54 Å². The van der Waals surface area contributed by atoms with Gasteiger partial charge in [-0.15, -0.1) is 0 Å². The van der Waals surface area contributed by atoms with Gasteiger partial charge in [-0.3, -0.25) is 0 Å². The van der Waals surface area contributed by atoms with Crippen LogP contribution in [0.5, 0.6) is 0 Å². The highest BCUT2D eigenvalue weighted by atomic mass is 32.2. The highest BCUT2D eigenvalue weighted by molar-refractivity contribution is 7.89. The Hall–Kier alpha value is -0.850. The van der Waals surface area contributed by atoms with Crippen LogP contribution in [-0.4, -0.2) is 15.0 Å². The lowest BCUT2D eigenvalue weighted by molar-refractivity contribution is 0.478. The van der Waals surface area contributed by atoms with Crippen molar-refractivity contribution in [1.29, 1.82) is 0 Å². The van der Waals surface area contributed by atoms with Crippen molar-refractivity contribution >= 4 is 10.0 Å². The molecule has 3 N–H and O–H groups in total. The number of hydrogen-bond donors (Lipinski definition) is 2. The number of nitrogens with two attached hydrogens (primary N) is 1. The molecule has 1 aromatic heterocycles. The maximum atomic E-state index is 12.0. The molecule has 1 heterocycles. The van der Waals surface area contributed by atoms with Crippen LogP contribution < -0.4 is 10.5 Å². The number of furan rings is 1. The molecule has 0 radical (unpaired) electrons. The fourth-order valence-corrected chi connectivity index (χ4v) is 3.02. The summed E-state index contributed by atoms with van der Waals surface area (Å²) >= 11 is 0. The van der Waals surface area contributed by atoms with Crippen LogP contribution in [0.1, 0.15) is 30.8 Å². The molecule has 0 bridgehead atoms. The van der Waals surface area contributed by atoms with Crippen molar-refractivity contribution in [1.82, 2.24) is 4.72 Å². The van der Waals surface area contributed by atoms with Crippen LogP contribution in [0, 0.1) is 12.8 Å². The van der Waals surface area contributed by atoms with Crippen molar-refractivity contribution in [3.05, 3.63) is 17.6 Å². The van der Waals surface area contributed by atoms with E-state index in [0.29, 0.717) is 24.0 Å². The Balaban J connectivity index is 2.03. The van der Waals surface area contributed by atoms with E-state index in [1.54, 1.807) is 6.92 Å². The predicted molar refractivity (Wildman–Crippen MR) is 63.9 cm³/mol. The maximum absolute atomic E-state index is 12.0. The first kappa shape index (κ1) is 12.6. The molecule has 0 unspecified atom stereocenters. The molecule has 1 aromatic rings. The zero-order valence-corrected chi connectivity index (χ0v) is 10.7. The van der Waals surface area contributed by atoms with Crippen molar-refractivity contribution in [2.24, 2.45) is 11.7 Å². The zero-order valence-electron chi connectivity index (χ0n) is 9.90. The Bertz CT molecular complexity index is 489. The summed E-state index contributed by atoms with van der Waals surface area (Å²) in [4.78, 5) is 0.203. The highest BCUT2D eigenvalue weighted by Gasteiger charge is 2.24. The molecular weight excluding hydrogens is 240 g/mol. The highest BCUT2D eigenvalue weighted by Crippen LogP contribution is 2.31. The molecule has 0 saturated heterocycles. The third-order valence-corrected chi connectivity index (χ3v) is 4.52. The molecule has 0 atom stereocenters. The van der Waals surface area contributed by atoms with Gasteiger partial charge in [-0.25, -0.2) is 13.1 Å². The molecule has 6 heteroatoms. The second-order valence-electron chi connectivity index (χ2n) is 4.47. The minimum Gasteiger partial charge on any atom is -0.464 e. The Morgan fingerprint density at radius 1 is 1.53 bits per heavy atom. The van der Waals surface area contributed by atoms with Gasteiger partial charge in [0.1, 0.15) is 16.4 Å². The molecule has 0 aliphatic heterocycles. The van der Waals surface area contributed by atoms with Gasteiger partial charge in [-0.2, -0.15) is 0 Å². The normalized spacial score (nSPS) is 16.4. The first-order chi connectivity index (χ1) is 8.03. The van der Waals surface area contributed by atoms with Gasteiger partial charge < -0.3 is 10.2 Å². The number of aryl methyl sites for hydroxylation is 1. The summed E-state index contributed by atoms with van der Waals surface area (Å²) in [5.41, 5.74) is 5.41. The van der Waals surface area contributed by atoms with E-state index in [1.807, 2.05) is 0 Å². The van der Waals surface area contributed by atoms with Gasteiger partial charge in [0.15, 0.2) is 0 Å². The van der Waals surface area contributed by atoms with E-state index in [0.717, 1.165) is 6.42 Å². The lowest BCUT2D eigenvalue weighted by Crippen LogP contribution is -2.25. The summed E-state index contributed by atoms with van der Waals surface area (Å²) in [5, 5.41) is 0. The van der Waals surface area contributed by atoms with Crippen LogP contribution in [0.25, 0.3) is 0 Å². The van der Waals surface area contributed by atoms with Gasteiger partial charge in [0, 0.05) is 12.6 Å². The van der Waals surface area contributed by atoms with Crippen LogP contribution in [0.3, 0.4) is 0 Å². The van der Waals surface area contributed by atoms with Gasteiger partial charge in [0.05, 0.1) is 6.54 Å². The first-order valence-electron chi connectivity index (χ1n) is 5.82. The predicted octanol–water partition coefficient (Wildman–Crippen LogP) is 1.13. The minimum absolute atomic E-state index is 0.203. The third kappa shape index (κ3) is 3.08. The number of rotatable bonds is 6. The average molecular weight is 258 g/mol. The summed E-state index contributed by atoms with van der Waals surface area (Å²) in [6, 6.07) is 1.49. The second-order valence-corrected chi connectivity index (χ2v) is 6.20. The third-order valence-electron chi connectivity index (χ3n) is 2.96. The van der Waals surface area contributed by atoms with Crippen molar-refractivity contribution < 1.29 is 12.8 Å². The maximum Gasteiger partial charge on any atom is 0.244 e. The first-order valence-corrected chi connectivity index (χ1v) is 7.30. The van der Waals surface area contributed by atoms with Crippen LogP contribution in [0.15, 0.2) is 15.4 Å². The zero-order chi connectivity index (χ0) is 12.5. The van der Waals surface area contributed by atoms with Crippen LogP contribution in [0.2, 0.25) is 0 Å². The molecule has 1 fully saturated rings. The molecule has 1 aliphatic rings. The lowest BCUT2D eigenvalue weighted by atomic mass is 10.3. The SMILES string of the molecule is Cc1oc(CN)cc1S(=O)(=O)NCCC1CC1. The molecule has 1 saturated carbocycles. The number of hydrogen-bond acceptors (Lipinski definition) is 4. The van der Waals surface area contributed by atoms with E-state index >= 15 is 0 Å². The molecule has 0 amide bonds. The lowest BCUT2D eigenvalue weighted by Gasteiger charge is -2.04. The number of nitrogens with one attached hydrogen (secondary N) is 1. The molecule has 1 aliphatic carbocycles. The summed E-state index contributed by atoms with van der Waals surface area (Å²) in [7, 11) is -3.45. The molecule has 17 heavy (non-hydrogen) atoms. The standard InChI is InChI=1S/C11H18N2O3S/c1-8-11(6-10(7-12)16-8)17(14,15)13-5-4-9-2-3-9/h6,9,13H,2-5,7,12H2,1H3. The van der Waals surface area contributed by atoms with Gasteiger partial charge >= 0.3 is 0 Å². The van der Waals surface area contributed by atoms with Crippen molar-refractivity contribution in [3.63, 3.8) is 0 Å². The molecular formula is C11H18N2O3S. The van der Waals surface area contributed by atoms with E-state index in [-0.39, 0.29) is 11.4 Å². The Morgan fingerprint density at radius 3 is 2.76 bits per heavy atom. The fourth-order valence-electron chi connectivity index (χ4n) is 1.77. The molecule has 96 valence electrons. The second kappa shape index (κ2) is 4.80. The quantitative estimate of drug-likeness (QED) is 0.800.